The van der Waals surface area contributed by atoms with Crippen molar-refractivity contribution in [3.63, 3.8) is 0 Å². The first kappa shape index (κ1) is 21.9. The van der Waals surface area contributed by atoms with Gasteiger partial charge in [0, 0.05) is 31.8 Å². The summed E-state index contributed by atoms with van der Waals surface area (Å²) in [6, 6.07) is 19.5. The Balaban J connectivity index is 1.73. The van der Waals surface area contributed by atoms with E-state index < -0.39 is 11.1 Å². The number of carbonyl (C=O) groups excluding carboxylic acids is 2. The molecule has 6 heteroatoms. The molecule has 0 aromatic heterocycles. The molecule has 1 unspecified atom stereocenters. The number of hydrogen-bond acceptors (Lipinski definition) is 4. The first-order valence-corrected chi connectivity index (χ1v) is 11.2. The van der Waals surface area contributed by atoms with Gasteiger partial charge in [0.15, 0.2) is 0 Å². The summed E-state index contributed by atoms with van der Waals surface area (Å²) in [5, 5.41) is 9.55. The quantitative estimate of drug-likeness (QED) is 0.717. The van der Waals surface area contributed by atoms with Gasteiger partial charge in [0.1, 0.15) is 11.1 Å². The number of nitriles is 1. The van der Waals surface area contributed by atoms with Gasteiger partial charge < -0.3 is 9.64 Å². The summed E-state index contributed by atoms with van der Waals surface area (Å²) in [7, 11) is 0. The van der Waals surface area contributed by atoms with Gasteiger partial charge in [-0.2, -0.15) is 5.26 Å². The van der Waals surface area contributed by atoms with E-state index in [0.717, 1.165) is 11.1 Å². The van der Waals surface area contributed by atoms with Crippen molar-refractivity contribution in [1.82, 2.24) is 9.80 Å². The topological polar surface area (TPSA) is 73.6 Å². The number of nitrogens with zero attached hydrogens (tertiary/aromatic N) is 3. The minimum atomic E-state index is -0.749. The molecule has 2 saturated heterocycles. The van der Waals surface area contributed by atoms with E-state index in [1.807, 2.05) is 67.3 Å². The predicted octanol–water partition coefficient (Wildman–Crippen LogP) is 4.44. The van der Waals surface area contributed by atoms with Gasteiger partial charge >= 0.3 is 6.09 Å². The van der Waals surface area contributed by atoms with Gasteiger partial charge in [0.25, 0.3) is 0 Å². The Morgan fingerprint density at radius 3 is 2.34 bits per heavy atom. The average Bonchev–Trinajstić information content (AvgIpc) is 3.01. The van der Waals surface area contributed by atoms with Crippen LogP contribution in [0.25, 0.3) is 0 Å². The zero-order valence-corrected chi connectivity index (χ0v) is 18.9. The van der Waals surface area contributed by atoms with Crippen molar-refractivity contribution >= 4 is 12.0 Å². The molecule has 1 atom stereocenters. The van der Waals surface area contributed by atoms with Crippen LogP contribution in [0.4, 0.5) is 4.79 Å². The fraction of sp³-hybridized carbons (Fsp3) is 0.423. The summed E-state index contributed by atoms with van der Waals surface area (Å²) in [6.45, 7) is 7.26. The zero-order chi connectivity index (χ0) is 22.9. The van der Waals surface area contributed by atoms with E-state index in [4.69, 9.17) is 4.74 Å². The van der Waals surface area contributed by atoms with Gasteiger partial charge in [-0.15, -0.1) is 0 Å². The fourth-order valence-electron chi connectivity index (χ4n) is 5.13. The molecule has 2 aromatic carbocycles. The van der Waals surface area contributed by atoms with E-state index in [2.05, 4.69) is 13.0 Å². The molecule has 32 heavy (non-hydrogen) atoms. The zero-order valence-electron chi connectivity index (χ0n) is 18.9. The van der Waals surface area contributed by atoms with Crippen LogP contribution in [0.15, 0.2) is 54.6 Å². The molecule has 0 bridgehead atoms. The molecule has 0 saturated carbocycles. The van der Waals surface area contributed by atoms with Gasteiger partial charge in [-0.05, 0) is 24.1 Å². The van der Waals surface area contributed by atoms with Gasteiger partial charge in [-0.1, -0.05) is 62.4 Å². The highest BCUT2D eigenvalue weighted by Gasteiger charge is 2.63. The number of carbonyl (C=O) groups is 2. The maximum absolute atomic E-state index is 13.3. The van der Waals surface area contributed by atoms with Crippen molar-refractivity contribution in [3.05, 3.63) is 71.3 Å². The Hall–Kier alpha value is -3.33. The number of likely N-dealkylation sites (tertiary alicyclic amines) is 1. The van der Waals surface area contributed by atoms with Crippen molar-refractivity contribution in [2.45, 2.75) is 51.3 Å². The molecule has 0 N–H and O–H groups in total. The van der Waals surface area contributed by atoms with E-state index in [-0.39, 0.29) is 24.5 Å². The molecule has 166 valence electrons. The third-order valence-electron chi connectivity index (χ3n) is 7.11. The third-order valence-corrected chi connectivity index (χ3v) is 7.11. The summed E-state index contributed by atoms with van der Waals surface area (Å²) >= 11 is 0. The molecule has 2 fully saturated rings. The smallest absolute Gasteiger partial charge is 0.411 e. The highest BCUT2D eigenvalue weighted by molar-refractivity contribution is 5.78. The molecule has 4 rings (SSSR count). The molecular weight excluding hydrogens is 402 g/mol. The summed E-state index contributed by atoms with van der Waals surface area (Å²) in [4.78, 5) is 29.5. The molecule has 2 amide bonds. The summed E-state index contributed by atoms with van der Waals surface area (Å²) in [6.07, 6.45) is 0.755. The van der Waals surface area contributed by atoms with Crippen LogP contribution in [0.2, 0.25) is 0 Å². The van der Waals surface area contributed by atoms with Gasteiger partial charge in [0.2, 0.25) is 5.91 Å². The standard InChI is InChI=1S/C26H29N3O3/c1-19(2)23(30)28-15-13-26(14-16-28)25(3,22-11-5-4-6-12-22)29(24(31)32-26)18-21-10-8-7-9-20(21)17-27/h4-12,19H,13-16,18H2,1-3H3. The van der Waals surface area contributed by atoms with Crippen LogP contribution in [-0.4, -0.2) is 40.5 Å². The Bertz CT molecular complexity index is 1050. The Morgan fingerprint density at radius 2 is 1.72 bits per heavy atom. The predicted molar refractivity (Wildman–Crippen MR) is 120 cm³/mol. The Morgan fingerprint density at radius 1 is 1.09 bits per heavy atom. The highest BCUT2D eigenvalue weighted by Crippen LogP contribution is 2.52. The van der Waals surface area contributed by atoms with E-state index in [1.54, 1.807) is 11.0 Å². The van der Waals surface area contributed by atoms with Crippen LogP contribution in [0.3, 0.4) is 0 Å². The van der Waals surface area contributed by atoms with Gasteiger partial charge in [0.05, 0.1) is 18.2 Å². The lowest BCUT2D eigenvalue weighted by Crippen LogP contribution is -2.59. The third kappa shape index (κ3) is 3.42. The number of amides is 2. The second-order valence-electron chi connectivity index (χ2n) is 9.14. The number of rotatable bonds is 4. The lowest BCUT2D eigenvalue weighted by Gasteiger charge is -2.48. The van der Waals surface area contributed by atoms with Crippen LogP contribution < -0.4 is 0 Å². The van der Waals surface area contributed by atoms with Crippen LogP contribution in [-0.2, 0) is 21.6 Å². The average molecular weight is 432 g/mol. The maximum Gasteiger partial charge on any atom is 0.411 e. The monoisotopic (exact) mass is 431 g/mol. The van der Waals surface area contributed by atoms with Crippen LogP contribution in [0, 0.1) is 17.2 Å². The molecule has 0 aliphatic carbocycles. The first-order chi connectivity index (χ1) is 15.3. The number of hydrogen-bond donors (Lipinski definition) is 0. The largest absolute Gasteiger partial charge is 0.440 e. The van der Waals surface area contributed by atoms with Crippen molar-refractivity contribution < 1.29 is 14.3 Å². The first-order valence-electron chi connectivity index (χ1n) is 11.2. The van der Waals surface area contributed by atoms with E-state index in [0.29, 0.717) is 31.5 Å². The fourth-order valence-corrected chi connectivity index (χ4v) is 5.13. The summed E-state index contributed by atoms with van der Waals surface area (Å²) in [5.74, 6) is 0.0695. The van der Waals surface area contributed by atoms with Crippen molar-refractivity contribution in [2.24, 2.45) is 5.92 Å². The molecule has 0 radical (unpaired) electrons. The minimum absolute atomic E-state index is 0.0605. The van der Waals surface area contributed by atoms with Crippen molar-refractivity contribution in [1.29, 1.82) is 5.26 Å². The SMILES string of the molecule is CC(C)C(=O)N1CCC2(CC1)OC(=O)N(Cc1ccccc1C#N)C2(C)c1ccccc1. The summed E-state index contributed by atoms with van der Waals surface area (Å²) in [5.41, 5.74) is 0.846. The van der Waals surface area contributed by atoms with Gasteiger partial charge in [-0.3, -0.25) is 9.69 Å². The number of ether oxygens (including phenoxy) is 1. The molecule has 2 aliphatic heterocycles. The van der Waals surface area contributed by atoms with E-state index >= 15 is 0 Å². The molecule has 1 spiro atoms. The van der Waals surface area contributed by atoms with E-state index in [1.165, 1.54) is 0 Å². The molecule has 6 nitrogen and oxygen atoms in total. The number of benzene rings is 2. The molecule has 2 aliphatic rings. The molecule has 2 aromatic rings. The molecule has 2 heterocycles. The van der Waals surface area contributed by atoms with E-state index in [9.17, 15) is 14.9 Å². The number of piperidine rings is 1. The van der Waals surface area contributed by atoms with Crippen LogP contribution >= 0.6 is 0 Å². The Kier molecular flexibility index (Phi) is 5.68. The summed E-state index contributed by atoms with van der Waals surface area (Å²) < 4.78 is 6.17. The van der Waals surface area contributed by atoms with Crippen molar-refractivity contribution in [3.8, 4) is 6.07 Å². The lowest BCUT2D eigenvalue weighted by molar-refractivity contribution is -0.140. The lowest BCUT2D eigenvalue weighted by atomic mass is 9.70. The second kappa shape index (κ2) is 8.31. The molecular formula is C26H29N3O3. The van der Waals surface area contributed by atoms with Crippen molar-refractivity contribution in [2.75, 3.05) is 13.1 Å². The highest BCUT2D eigenvalue weighted by atomic mass is 16.6. The Labute approximate surface area is 189 Å². The second-order valence-corrected chi connectivity index (χ2v) is 9.14. The normalized spacial score (nSPS) is 22.2. The van der Waals surface area contributed by atoms with Gasteiger partial charge in [-0.25, -0.2) is 4.79 Å². The van der Waals surface area contributed by atoms with Crippen LogP contribution in [0.5, 0.6) is 0 Å². The maximum atomic E-state index is 13.3. The minimum Gasteiger partial charge on any atom is -0.440 e. The van der Waals surface area contributed by atoms with Crippen LogP contribution in [0.1, 0.15) is 50.3 Å².